The Balaban J connectivity index is 1.76. The summed E-state index contributed by atoms with van der Waals surface area (Å²) in [6.07, 6.45) is 0.591. The molecular weight excluding hydrogens is 340 g/mol. The molecule has 142 valence electrons. The highest BCUT2D eigenvalue weighted by Crippen LogP contribution is 2.23. The first-order chi connectivity index (χ1) is 13.0. The zero-order valence-electron chi connectivity index (χ0n) is 16.1. The molecule has 5 nitrogen and oxygen atoms in total. The summed E-state index contributed by atoms with van der Waals surface area (Å²) in [7, 11) is 1.40. The van der Waals surface area contributed by atoms with Gasteiger partial charge in [-0.1, -0.05) is 56.3 Å². The lowest BCUT2D eigenvalue weighted by Crippen LogP contribution is -3.17. The Kier molecular flexibility index (Phi) is 5.91. The third-order valence-electron chi connectivity index (χ3n) is 5.18. The zero-order chi connectivity index (χ0) is 19.4. The number of esters is 1. The number of fused-ring (bicyclic) bond motifs is 1. The molecule has 2 aromatic carbocycles. The SMILES string of the molecule is COC(=O)[C@@H]1Cc2ccccc2C[NH+]1CC(=O)Nc1ccccc1C(C)C. The van der Waals surface area contributed by atoms with Crippen LogP contribution in [0.4, 0.5) is 5.69 Å². The zero-order valence-corrected chi connectivity index (χ0v) is 16.1. The summed E-state index contributed by atoms with van der Waals surface area (Å²) in [5.74, 6) is -0.0419. The van der Waals surface area contributed by atoms with Crippen LogP contribution in [-0.2, 0) is 27.3 Å². The Hall–Kier alpha value is -2.66. The number of carbonyl (C=O) groups is 2. The van der Waals surface area contributed by atoms with E-state index in [2.05, 4.69) is 25.2 Å². The quantitative estimate of drug-likeness (QED) is 0.794. The second kappa shape index (κ2) is 8.35. The summed E-state index contributed by atoms with van der Waals surface area (Å²) in [5.41, 5.74) is 4.28. The molecule has 1 heterocycles. The molecule has 3 rings (SSSR count). The summed E-state index contributed by atoms with van der Waals surface area (Å²) >= 11 is 0. The molecule has 0 radical (unpaired) electrons. The Morgan fingerprint density at radius 3 is 2.48 bits per heavy atom. The third kappa shape index (κ3) is 4.37. The smallest absolute Gasteiger partial charge is 0.365 e. The van der Waals surface area contributed by atoms with E-state index in [1.807, 2.05) is 42.5 Å². The molecule has 1 amide bonds. The molecule has 2 aromatic rings. The average Bonchev–Trinajstić information content (AvgIpc) is 2.67. The van der Waals surface area contributed by atoms with Crippen LogP contribution < -0.4 is 10.2 Å². The highest BCUT2D eigenvalue weighted by Gasteiger charge is 2.37. The van der Waals surface area contributed by atoms with Gasteiger partial charge in [0, 0.05) is 17.7 Å². The molecular formula is C22H27N2O3+. The number of quaternary nitrogens is 1. The van der Waals surface area contributed by atoms with Crippen molar-refractivity contribution in [2.24, 2.45) is 0 Å². The number of rotatable bonds is 5. The van der Waals surface area contributed by atoms with Crippen LogP contribution in [0.2, 0.25) is 0 Å². The molecule has 5 heteroatoms. The number of hydrogen-bond donors (Lipinski definition) is 2. The summed E-state index contributed by atoms with van der Waals surface area (Å²) < 4.78 is 4.99. The van der Waals surface area contributed by atoms with E-state index >= 15 is 0 Å². The first kappa shape index (κ1) is 19.1. The molecule has 0 bridgehead atoms. The molecule has 0 spiro atoms. The third-order valence-corrected chi connectivity index (χ3v) is 5.18. The van der Waals surface area contributed by atoms with E-state index in [1.54, 1.807) is 0 Å². The summed E-state index contributed by atoms with van der Waals surface area (Å²) in [5, 5.41) is 3.03. The van der Waals surface area contributed by atoms with Gasteiger partial charge < -0.3 is 15.0 Å². The van der Waals surface area contributed by atoms with Gasteiger partial charge in [-0.2, -0.15) is 0 Å². The first-order valence-corrected chi connectivity index (χ1v) is 9.37. The van der Waals surface area contributed by atoms with Crippen molar-refractivity contribution in [1.82, 2.24) is 0 Å². The second-order valence-electron chi connectivity index (χ2n) is 7.35. The number of anilines is 1. The minimum absolute atomic E-state index is 0.0913. The van der Waals surface area contributed by atoms with E-state index in [0.717, 1.165) is 21.7 Å². The van der Waals surface area contributed by atoms with Gasteiger partial charge in [-0.25, -0.2) is 4.79 Å². The fraction of sp³-hybridized carbons (Fsp3) is 0.364. The Morgan fingerprint density at radius 2 is 1.78 bits per heavy atom. The van der Waals surface area contributed by atoms with E-state index in [4.69, 9.17) is 4.74 Å². The van der Waals surface area contributed by atoms with Crippen molar-refractivity contribution in [2.45, 2.75) is 38.8 Å². The summed E-state index contributed by atoms with van der Waals surface area (Å²) in [6.45, 7) is 5.06. The highest BCUT2D eigenvalue weighted by molar-refractivity contribution is 5.92. The van der Waals surface area contributed by atoms with Crippen LogP contribution in [0.5, 0.6) is 0 Å². The molecule has 1 unspecified atom stereocenters. The molecule has 0 saturated heterocycles. The average molecular weight is 367 g/mol. The first-order valence-electron chi connectivity index (χ1n) is 9.37. The van der Waals surface area contributed by atoms with Gasteiger partial charge in [0.05, 0.1) is 7.11 Å². The lowest BCUT2D eigenvalue weighted by molar-refractivity contribution is -0.924. The highest BCUT2D eigenvalue weighted by atomic mass is 16.5. The standard InChI is InChI=1S/C22H26N2O3/c1-15(2)18-10-6-7-11-19(18)23-21(25)14-24-13-17-9-5-4-8-16(17)12-20(24)22(26)27-3/h4-11,15,20H,12-14H2,1-3H3,(H,23,25)/p+1/t20-/m0/s1. The lowest BCUT2D eigenvalue weighted by atomic mass is 9.94. The Labute approximate surface area is 160 Å². The van der Waals surface area contributed by atoms with Gasteiger partial charge in [-0.05, 0) is 23.1 Å². The normalized spacial score (nSPS) is 18.7. The molecule has 1 aliphatic rings. The predicted octanol–water partition coefficient (Wildman–Crippen LogP) is 1.93. The van der Waals surface area contributed by atoms with Crippen molar-refractivity contribution >= 4 is 17.6 Å². The maximum Gasteiger partial charge on any atom is 0.365 e. The number of methoxy groups -OCH3 is 1. The van der Waals surface area contributed by atoms with Crippen LogP contribution in [-0.4, -0.2) is 31.6 Å². The molecule has 0 aliphatic carbocycles. The van der Waals surface area contributed by atoms with Crippen molar-refractivity contribution in [3.63, 3.8) is 0 Å². The predicted molar refractivity (Wildman–Crippen MR) is 105 cm³/mol. The van der Waals surface area contributed by atoms with Crippen molar-refractivity contribution < 1.29 is 19.2 Å². The van der Waals surface area contributed by atoms with Crippen molar-refractivity contribution in [3.8, 4) is 0 Å². The van der Waals surface area contributed by atoms with E-state index in [0.29, 0.717) is 18.9 Å². The van der Waals surface area contributed by atoms with E-state index in [1.165, 1.54) is 12.7 Å². The number of amides is 1. The van der Waals surface area contributed by atoms with Crippen LogP contribution >= 0.6 is 0 Å². The molecule has 2 atom stereocenters. The maximum atomic E-state index is 12.7. The molecule has 2 N–H and O–H groups in total. The minimum Gasteiger partial charge on any atom is -0.465 e. The van der Waals surface area contributed by atoms with Crippen LogP contribution in [0.1, 0.15) is 36.5 Å². The number of benzene rings is 2. The summed E-state index contributed by atoms with van der Waals surface area (Å²) in [4.78, 5) is 26.0. The molecule has 0 fully saturated rings. The fourth-order valence-corrected chi connectivity index (χ4v) is 3.75. The van der Waals surface area contributed by atoms with Crippen LogP contribution in [0, 0.1) is 0 Å². The van der Waals surface area contributed by atoms with E-state index in [-0.39, 0.29) is 24.5 Å². The van der Waals surface area contributed by atoms with Crippen molar-refractivity contribution in [2.75, 3.05) is 19.0 Å². The van der Waals surface area contributed by atoms with Crippen LogP contribution in [0.15, 0.2) is 48.5 Å². The van der Waals surface area contributed by atoms with E-state index < -0.39 is 0 Å². The van der Waals surface area contributed by atoms with Gasteiger partial charge in [0.2, 0.25) is 0 Å². The Bertz CT molecular complexity index is 832. The number of hydrogen-bond acceptors (Lipinski definition) is 3. The van der Waals surface area contributed by atoms with Crippen LogP contribution in [0.3, 0.4) is 0 Å². The lowest BCUT2D eigenvalue weighted by Gasteiger charge is -2.31. The largest absolute Gasteiger partial charge is 0.465 e. The monoisotopic (exact) mass is 367 g/mol. The van der Waals surface area contributed by atoms with Gasteiger partial charge in [0.1, 0.15) is 6.54 Å². The topological polar surface area (TPSA) is 59.8 Å². The minimum atomic E-state index is -0.365. The summed E-state index contributed by atoms with van der Waals surface area (Å²) in [6, 6.07) is 15.6. The Morgan fingerprint density at radius 1 is 1.11 bits per heavy atom. The molecule has 1 aliphatic heterocycles. The van der Waals surface area contributed by atoms with Crippen LogP contribution in [0.25, 0.3) is 0 Å². The number of carbonyl (C=O) groups excluding carboxylic acids is 2. The van der Waals surface area contributed by atoms with Gasteiger partial charge in [0.25, 0.3) is 5.91 Å². The molecule has 0 aromatic heterocycles. The molecule has 27 heavy (non-hydrogen) atoms. The van der Waals surface area contributed by atoms with E-state index in [9.17, 15) is 9.59 Å². The molecule has 0 saturated carbocycles. The van der Waals surface area contributed by atoms with Crippen molar-refractivity contribution in [1.29, 1.82) is 0 Å². The van der Waals surface area contributed by atoms with Gasteiger partial charge >= 0.3 is 5.97 Å². The van der Waals surface area contributed by atoms with Crippen molar-refractivity contribution in [3.05, 3.63) is 65.2 Å². The fourth-order valence-electron chi connectivity index (χ4n) is 3.75. The van der Waals surface area contributed by atoms with Gasteiger partial charge in [0.15, 0.2) is 12.6 Å². The van der Waals surface area contributed by atoms with Gasteiger partial charge in [-0.3, -0.25) is 4.79 Å². The number of nitrogens with one attached hydrogen (secondary N) is 2. The number of ether oxygens (including phenoxy) is 1. The second-order valence-corrected chi connectivity index (χ2v) is 7.35. The van der Waals surface area contributed by atoms with Gasteiger partial charge in [-0.15, -0.1) is 0 Å². The number of para-hydroxylation sites is 1. The maximum absolute atomic E-state index is 12.7.